The van der Waals surface area contributed by atoms with Crippen LogP contribution in [0.15, 0.2) is 33.3 Å². The van der Waals surface area contributed by atoms with Crippen molar-refractivity contribution in [3.05, 3.63) is 60.7 Å². The predicted octanol–water partition coefficient (Wildman–Crippen LogP) is 4.93. The highest BCUT2D eigenvalue weighted by Gasteiger charge is 2.36. The van der Waals surface area contributed by atoms with Crippen LogP contribution < -0.4 is 5.73 Å². The van der Waals surface area contributed by atoms with Gasteiger partial charge in [-0.05, 0) is 108 Å². The number of primary amides is 1. The monoisotopic (exact) mass is 636 g/mol. The van der Waals surface area contributed by atoms with Gasteiger partial charge in [0.1, 0.15) is 0 Å². The molecule has 3 heterocycles. The van der Waals surface area contributed by atoms with Crippen LogP contribution in [0.25, 0.3) is 0 Å². The molecule has 1 aromatic heterocycles. The van der Waals surface area contributed by atoms with Crippen LogP contribution in [0.5, 0.6) is 0 Å². The Labute approximate surface area is 234 Å². The molecule has 3 aliphatic rings. The summed E-state index contributed by atoms with van der Waals surface area (Å²) in [4.78, 5) is 33.6. The zero-order valence-electron chi connectivity index (χ0n) is 20.2. The van der Waals surface area contributed by atoms with Gasteiger partial charge in [0.05, 0.1) is 12.2 Å². The lowest BCUT2D eigenvalue weighted by Gasteiger charge is -2.38. The third-order valence-corrected chi connectivity index (χ3v) is 9.44. The van der Waals surface area contributed by atoms with E-state index in [-0.39, 0.29) is 23.7 Å². The number of likely N-dealkylation sites (tertiary alicyclic amines) is 2. The molecule has 192 valence electrons. The summed E-state index contributed by atoms with van der Waals surface area (Å²) in [6.07, 6.45) is 7.13. The number of aromatic nitrogens is 1. The number of benzene rings is 1. The lowest BCUT2D eigenvalue weighted by Crippen LogP contribution is -2.47. The molecule has 1 unspecified atom stereocenters. The molecule has 0 spiro atoms. The highest BCUT2D eigenvalue weighted by Crippen LogP contribution is 2.46. The van der Waals surface area contributed by atoms with Gasteiger partial charge in [-0.15, -0.1) is 0 Å². The van der Waals surface area contributed by atoms with Gasteiger partial charge in [-0.25, -0.2) is 0 Å². The van der Waals surface area contributed by atoms with E-state index in [1.54, 1.807) is 0 Å². The first kappa shape index (κ1) is 26.1. The maximum atomic E-state index is 13.1. The fourth-order valence-electron chi connectivity index (χ4n) is 6.18. The summed E-state index contributed by atoms with van der Waals surface area (Å²) in [5.41, 5.74) is 10.5. The second kappa shape index (κ2) is 11.1. The number of fused-ring (bicyclic) bond motifs is 2. The van der Waals surface area contributed by atoms with Gasteiger partial charge >= 0.3 is 0 Å². The van der Waals surface area contributed by atoms with E-state index in [0.29, 0.717) is 12.5 Å². The minimum Gasteiger partial charge on any atom is -0.369 e. The second-order valence-electron chi connectivity index (χ2n) is 10.3. The largest absolute Gasteiger partial charge is 0.369 e. The van der Waals surface area contributed by atoms with E-state index in [1.807, 2.05) is 17.2 Å². The third kappa shape index (κ3) is 5.52. The molecule has 1 aliphatic carbocycles. The molecule has 2 fully saturated rings. The molecule has 9 heteroatoms. The zero-order valence-corrected chi connectivity index (χ0v) is 24.1. The number of amides is 2. The average molecular weight is 639 g/mol. The number of nitrogens with two attached hydrogens (primary N) is 1. The number of pyridine rings is 1. The minimum absolute atomic E-state index is 0.0548. The van der Waals surface area contributed by atoms with Gasteiger partial charge in [-0.1, -0.05) is 27.5 Å². The number of rotatable bonds is 4. The van der Waals surface area contributed by atoms with Crippen LogP contribution in [0, 0.1) is 11.8 Å². The van der Waals surface area contributed by atoms with Crippen LogP contribution >= 0.6 is 43.5 Å². The van der Waals surface area contributed by atoms with Crippen LogP contribution in [0.3, 0.4) is 0 Å². The van der Waals surface area contributed by atoms with Gasteiger partial charge in [0, 0.05) is 45.1 Å². The van der Waals surface area contributed by atoms with Gasteiger partial charge in [0.25, 0.3) is 0 Å². The summed E-state index contributed by atoms with van der Waals surface area (Å²) >= 11 is 13.9. The maximum Gasteiger partial charge on any atom is 0.236 e. The van der Waals surface area contributed by atoms with E-state index in [9.17, 15) is 9.59 Å². The molecule has 0 radical (unpaired) electrons. The van der Waals surface area contributed by atoms with Gasteiger partial charge < -0.3 is 10.6 Å². The third-order valence-electron chi connectivity index (χ3n) is 8.13. The van der Waals surface area contributed by atoms with E-state index in [4.69, 9.17) is 22.3 Å². The van der Waals surface area contributed by atoms with Crippen molar-refractivity contribution in [3.8, 4) is 0 Å². The van der Waals surface area contributed by atoms with Crippen LogP contribution in [0.4, 0.5) is 0 Å². The van der Waals surface area contributed by atoms with Crippen molar-refractivity contribution >= 4 is 55.3 Å². The van der Waals surface area contributed by atoms with Crippen LogP contribution in [0.2, 0.25) is 5.02 Å². The van der Waals surface area contributed by atoms with Crippen LogP contribution in [-0.4, -0.2) is 59.3 Å². The van der Waals surface area contributed by atoms with E-state index in [0.717, 1.165) is 84.4 Å². The Balaban J connectivity index is 1.31. The van der Waals surface area contributed by atoms with Crippen molar-refractivity contribution in [2.45, 2.75) is 44.4 Å². The zero-order chi connectivity index (χ0) is 25.4. The summed E-state index contributed by atoms with van der Waals surface area (Å²) in [6, 6.07) is 6.31. The molecular formula is C27H31Br2ClN4O2. The number of nitrogens with zero attached hydrogens (tertiary/aromatic N) is 3. The van der Waals surface area contributed by atoms with Crippen molar-refractivity contribution < 1.29 is 9.59 Å². The van der Waals surface area contributed by atoms with Crippen molar-refractivity contribution in [2.75, 3.05) is 32.7 Å². The first-order chi connectivity index (χ1) is 17.3. The number of hydrogen-bond acceptors (Lipinski definition) is 4. The quantitative estimate of drug-likeness (QED) is 0.516. The first-order valence-electron chi connectivity index (χ1n) is 12.7. The normalized spacial score (nSPS) is 21.5. The van der Waals surface area contributed by atoms with E-state index in [1.165, 1.54) is 16.7 Å². The summed E-state index contributed by atoms with van der Waals surface area (Å²) in [5, 5.41) is 0.750. The van der Waals surface area contributed by atoms with E-state index < -0.39 is 0 Å². The van der Waals surface area contributed by atoms with E-state index >= 15 is 0 Å². The molecule has 2 aliphatic heterocycles. The lowest BCUT2D eigenvalue weighted by atomic mass is 9.76. The topological polar surface area (TPSA) is 79.5 Å². The number of aryl methyl sites for hydroxylation is 2. The van der Waals surface area contributed by atoms with Crippen molar-refractivity contribution in [3.63, 3.8) is 0 Å². The number of piperidine rings is 2. The van der Waals surface area contributed by atoms with Crippen LogP contribution in [0.1, 0.15) is 54.0 Å². The Morgan fingerprint density at radius 1 is 1.00 bits per heavy atom. The SMILES string of the molecule is NC(=O)C1CCN(CC(=O)N2CCC(C3c4ncc(Br)cc4CCc4cc(Cl)cc(Br)c43)CC2)CC1. The summed E-state index contributed by atoms with van der Waals surface area (Å²) in [6.45, 7) is 3.44. The molecule has 1 aromatic carbocycles. The summed E-state index contributed by atoms with van der Waals surface area (Å²) in [7, 11) is 0. The molecule has 1 atom stereocenters. The fourth-order valence-corrected chi connectivity index (χ4v) is 7.68. The predicted molar refractivity (Wildman–Crippen MR) is 148 cm³/mol. The maximum absolute atomic E-state index is 13.1. The second-order valence-corrected chi connectivity index (χ2v) is 12.5. The Hall–Kier alpha value is -1.48. The smallest absolute Gasteiger partial charge is 0.236 e. The first-order valence-corrected chi connectivity index (χ1v) is 14.7. The van der Waals surface area contributed by atoms with Gasteiger partial charge in [0.2, 0.25) is 11.8 Å². The van der Waals surface area contributed by atoms with Crippen molar-refractivity contribution in [1.82, 2.24) is 14.8 Å². The number of carbonyl (C=O) groups is 2. The van der Waals surface area contributed by atoms with E-state index in [2.05, 4.69) is 48.9 Å². The van der Waals surface area contributed by atoms with Gasteiger partial charge in [-0.2, -0.15) is 0 Å². The molecule has 2 aromatic rings. The number of hydrogen-bond donors (Lipinski definition) is 1. The summed E-state index contributed by atoms with van der Waals surface area (Å²) in [5.74, 6) is 0.466. The lowest BCUT2D eigenvalue weighted by molar-refractivity contribution is -0.134. The molecule has 0 saturated carbocycles. The van der Waals surface area contributed by atoms with Gasteiger partial charge in [0.15, 0.2) is 0 Å². The Morgan fingerprint density at radius 3 is 2.39 bits per heavy atom. The molecular weight excluding hydrogens is 608 g/mol. The Kier molecular flexibility index (Phi) is 8.06. The summed E-state index contributed by atoms with van der Waals surface area (Å²) < 4.78 is 2.05. The molecule has 6 nitrogen and oxygen atoms in total. The molecule has 5 rings (SSSR count). The molecule has 0 bridgehead atoms. The molecule has 2 N–H and O–H groups in total. The molecule has 2 amide bonds. The number of halogens is 3. The van der Waals surface area contributed by atoms with Crippen LogP contribution in [-0.2, 0) is 22.4 Å². The van der Waals surface area contributed by atoms with Gasteiger partial charge in [-0.3, -0.25) is 19.5 Å². The molecule has 36 heavy (non-hydrogen) atoms. The Bertz CT molecular complexity index is 1160. The number of carbonyl (C=O) groups excluding carboxylic acids is 2. The standard InChI is InChI=1S/C27H31Br2ClN4O2/c28-20-11-19-2-1-18-12-21(30)13-22(29)24(18)25(26(19)32-14-20)16-5-9-34(10-6-16)23(35)15-33-7-3-17(4-8-33)27(31)36/h11-14,16-17,25H,1-10,15H2,(H2,31,36). The highest BCUT2D eigenvalue weighted by atomic mass is 79.9. The molecule has 2 saturated heterocycles. The minimum atomic E-state index is -0.222. The van der Waals surface area contributed by atoms with Crippen molar-refractivity contribution in [2.24, 2.45) is 17.6 Å². The fraction of sp³-hybridized carbons (Fsp3) is 0.519. The average Bonchev–Trinajstić information content (AvgIpc) is 3.01. The highest BCUT2D eigenvalue weighted by molar-refractivity contribution is 9.10. The van der Waals surface area contributed by atoms with Crippen molar-refractivity contribution in [1.29, 1.82) is 0 Å². The Morgan fingerprint density at radius 2 is 1.69 bits per heavy atom.